The summed E-state index contributed by atoms with van der Waals surface area (Å²) in [6.45, 7) is 3.74. The third-order valence-electron chi connectivity index (χ3n) is 3.82. The molecule has 1 aliphatic heterocycles. The van der Waals surface area contributed by atoms with Gasteiger partial charge in [-0.15, -0.1) is 0 Å². The molecule has 1 saturated heterocycles. The highest BCUT2D eigenvalue weighted by Crippen LogP contribution is 2.42. The number of sulfonamides is 1. The molecule has 0 aromatic heterocycles. The minimum atomic E-state index is -3.38. The first-order valence-electron chi connectivity index (χ1n) is 5.98. The van der Waals surface area contributed by atoms with Crippen molar-refractivity contribution in [2.24, 2.45) is 11.8 Å². The van der Waals surface area contributed by atoms with E-state index in [2.05, 4.69) is 26.0 Å². The van der Waals surface area contributed by atoms with E-state index in [1.165, 1.54) is 0 Å². The van der Waals surface area contributed by atoms with Crippen LogP contribution >= 0.6 is 15.9 Å². The van der Waals surface area contributed by atoms with E-state index in [1.54, 1.807) is 18.2 Å². The van der Waals surface area contributed by atoms with Gasteiger partial charge in [0.2, 0.25) is 10.0 Å². The first kappa shape index (κ1) is 12.6. The minimum Gasteiger partial charge on any atom is -0.316 e. The molecule has 1 saturated carbocycles. The van der Waals surface area contributed by atoms with Crippen LogP contribution in [0.25, 0.3) is 0 Å². The molecule has 2 unspecified atom stereocenters. The second-order valence-electron chi connectivity index (χ2n) is 5.04. The summed E-state index contributed by atoms with van der Waals surface area (Å²) in [6, 6.07) is 5.23. The fraction of sp³-hybridized carbons (Fsp3) is 0.500. The van der Waals surface area contributed by atoms with Gasteiger partial charge in [0.25, 0.3) is 0 Å². The molecule has 2 atom stereocenters. The highest BCUT2D eigenvalue weighted by Gasteiger charge is 2.54. The molecule has 6 heteroatoms. The van der Waals surface area contributed by atoms with Gasteiger partial charge in [0.1, 0.15) is 0 Å². The van der Waals surface area contributed by atoms with Crippen molar-refractivity contribution in [3.8, 4) is 0 Å². The van der Waals surface area contributed by atoms with Crippen molar-refractivity contribution < 1.29 is 8.42 Å². The lowest BCUT2D eigenvalue weighted by atomic mass is 10.2. The average molecular weight is 331 g/mol. The van der Waals surface area contributed by atoms with E-state index in [4.69, 9.17) is 0 Å². The van der Waals surface area contributed by atoms with Crippen molar-refractivity contribution in [2.75, 3.05) is 13.1 Å². The Kier molecular flexibility index (Phi) is 3.01. The monoisotopic (exact) mass is 330 g/mol. The number of hydrogen-bond donors (Lipinski definition) is 2. The van der Waals surface area contributed by atoms with Crippen LogP contribution in [0.1, 0.15) is 5.56 Å². The lowest BCUT2D eigenvalue weighted by Gasteiger charge is -2.10. The Morgan fingerprint density at radius 3 is 2.61 bits per heavy atom. The molecule has 1 aromatic carbocycles. The van der Waals surface area contributed by atoms with Crippen molar-refractivity contribution in [2.45, 2.75) is 17.9 Å². The SMILES string of the molecule is Cc1cc(S(=O)(=O)NC2C3CNCC32)ccc1Br. The summed E-state index contributed by atoms with van der Waals surface area (Å²) in [4.78, 5) is 0.348. The van der Waals surface area contributed by atoms with E-state index in [0.29, 0.717) is 16.7 Å². The molecule has 1 heterocycles. The maximum Gasteiger partial charge on any atom is 0.240 e. The average Bonchev–Trinajstić information content (AvgIpc) is 2.77. The lowest BCUT2D eigenvalue weighted by Crippen LogP contribution is -2.32. The van der Waals surface area contributed by atoms with Crippen LogP contribution in [0.3, 0.4) is 0 Å². The molecular weight excluding hydrogens is 316 g/mol. The van der Waals surface area contributed by atoms with Gasteiger partial charge in [0.15, 0.2) is 0 Å². The number of hydrogen-bond acceptors (Lipinski definition) is 3. The normalized spacial score (nSPS) is 30.2. The summed E-state index contributed by atoms with van der Waals surface area (Å²) >= 11 is 3.38. The molecule has 18 heavy (non-hydrogen) atoms. The van der Waals surface area contributed by atoms with Crippen LogP contribution in [-0.4, -0.2) is 27.5 Å². The molecular formula is C12H15BrN2O2S. The molecule has 98 valence electrons. The Hall–Kier alpha value is -0.430. The quantitative estimate of drug-likeness (QED) is 0.877. The van der Waals surface area contributed by atoms with Crippen LogP contribution in [-0.2, 0) is 10.0 Å². The van der Waals surface area contributed by atoms with Crippen LogP contribution in [0.15, 0.2) is 27.6 Å². The molecule has 0 radical (unpaired) electrons. The number of fused-ring (bicyclic) bond motifs is 1. The van der Waals surface area contributed by atoms with Crippen LogP contribution in [0, 0.1) is 18.8 Å². The van der Waals surface area contributed by atoms with Crippen LogP contribution < -0.4 is 10.0 Å². The molecule has 2 fully saturated rings. The van der Waals surface area contributed by atoms with E-state index in [1.807, 2.05) is 6.92 Å². The van der Waals surface area contributed by atoms with Gasteiger partial charge < -0.3 is 5.32 Å². The van der Waals surface area contributed by atoms with Crippen molar-refractivity contribution in [3.63, 3.8) is 0 Å². The molecule has 4 nitrogen and oxygen atoms in total. The predicted octanol–water partition coefficient (Wildman–Crippen LogP) is 1.25. The summed E-state index contributed by atoms with van der Waals surface area (Å²) in [5.41, 5.74) is 0.926. The van der Waals surface area contributed by atoms with Crippen molar-refractivity contribution in [1.29, 1.82) is 0 Å². The molecule has 1 aliphatic carbocycles. The van der Waals surface area contributed by atoms with Crippen molar-refractivity contribution in [3.05, 3.63) is 28.2 Å². The van der Waals surface area contributed by atoms with Gasteiger partial charge in [-0.2, -0.15) is 0 Å². The predicted molar refractivity (Wildman–Crippen MR) is 72.8 cm³/mol. The zero-order valence-electron chi connectivity index (χ0n) is 9.98. The summed E-state index contributed by atoms with van der Waals surface area (Å²) in [5.74, 6) is 0.965. The van der Waals surface area contributed by atoms with Crippen molar-refractivity contribution >= 4 is 26.0 Å². The number of halogens is 1. The molecule has 0 spiro atoms. The highest BCUT2D eigenvalue weighted by molar-refractivity contribution is 9.10. The third-order valence-corrected chi connectivity index (χ3v) is 6.17. The Labute approximate surface area is 115 Å². The number of benzene rings is 1. The van der Waals surface area contributed by atoms with Gasteiger partial charge >= 0.3 is 0 Å². The van der Waals surface area contributed by atoms with Gasteiger partial charge in [-0.05, 0) is 55.6 Å². The first-order valence-corrected chi connectivity index (χ1v) is 8.26. The standard InChI is InChI=1S/C12H15BrN2O2S/c1-7-4-8(2-3-11(7)13)18(16,17)15-12-9-5-14-6-10(9)12/h2-4,9-10,12,14-15H,5-6H2,1H3. The van der Waals surface area contributed by atoms with Gasteiger partial charge in [-0.1, -0.05) is 15.9 Å². The van der Waals surface area contributed by atoms with Crippen molar-refractivity contribution in [1.82, 2.24) is 10.0 Å². The van der Waals surface area contributed by atoms with Crippen LogP contribution in [0.4, 0.5) is 0 Å². The van der Waals surface area contributed by atoms with Crippen LogP contribution in [0.5, 0.6) is 0 Å². The molecule has 0 bridgehead atoms. The van der Waals surface area contributed by atoms with E-state index in [-0.39, 0.29) is 6.04 Å². The van der Waals surface area contributed by atoms with Gasteiger partial charge in [0, 0.05) is 10.5 Å². The van der Waals surface area contributed by atoms with Gasteiger partial charge in [0.05, 0.1) is 4.90 Å². The third kappa shape index (κ3) is 2.11. The minimum absolute atomic E-state index is 0.125. The number of rotatable bonds is 3. The summed E-state index contributed by atoms with van der Waals surface area (Å²) in [6.07, 6.45) is 0. The molecule has 1 aromatic rings. The fourth-order valence-corrected chi connectivity index (χ4v) is 4.29. The Balaban J connectivity index is 1.79. The van der Waals surface area contributed by atoms with E-state index in [0.717, 1.165) is 23.1 Å². The Morgan fingerprint density at radius 2 is 2.00 bits per heavy atom. The molecule has 2 N–H and O–H groups in total. The largest absolute Gasteiger partial charge is 0.316 e. The molecule has 2 aliphatic rings. The number of aryl methyl sites for hydroxylation is 1. The highest BCUT2D eigenvalue weighted by atomic mass is 79.9. The lowest BCUT2D eigenvalue weighted by molar-refractivity contribution is 0.565. The summed E-state index contributed by atoms with van der Waals surface area (Å²) < 4.78 is 28.2. The molecule has 0 amide bonds. The van der Waals surface area contributed by atoms with Crippen LogP contribution in [0.2, 0.25) is 0 Å². The first-order chi connectivity index (χ1) is 8.49. The summed E-state index contributed by atoms with van der Waals surface area (Å²) in [7, 11) is -3.38. The van der Waals surface area contributed by atoms with Gasteiger partial charge in [-0.25, -0.2) is 13.1 Å². The fourth-order valence-electron chi connectivity index (χ4n) is 2.62. The van der Waals surface area contributed by atoms with E-state index in [9.17, 15) is 8.42 Å². The van der Waals surface area contributed by atoms with Gasteiger partial charge in [-0.3, -0.25) is 0 Å². The molecule has 3 rings (SSSR count). The Morgan fingerprint density at radius 1 is 1.33 bits per heavy atom. The second kappa shape index (κ2) is 4.30. The zero-order valence-corrected chi connectivity index (χ0v) is 12.4. The smallest absolute Gasteiger partial charge is 0.240 e. The summed E-state index contributed by atoms with van der Waals surface area (Å²) in [5, 5.41) is 3.25. The van der Waals surface area contributed by atoms with E-state index < -0.39 is 10.0 Å². The topological polar surface area (TPSA) is 58.2 Å². The zero-order chi connectivity index (χ0) is 12.9. The van der Waals surface area contributed by atoms with E-state index >= 15 is 0 Å². The maximum atomic E-state index is 12.2. The Bertz CT molecular complexity index is 578. The number of nitrogens with one attached hydrogen (secondary N) is 2. The second-order valence-corrected chi connectivity index (χ2v) is 7.61. The maximum absolute atomic E-state index is 12.2. The number of piperidine rings is 1.